The summed E-state index contributed by atoms with van der Waals surface area (Å²) in [7, 11) is 0. The molecule has 0 aliphatic carbocycles. The van der Waals surface area contributed by atoms with E-state index in [-0.39, 0.29) is 11.1 Å². The van der Waals surface area contributed by atoms with Gasteiger partial charge in [0.05, 0.1) is 11.4 Å². The molecule has 1 rings (SSSR count). The van der Waals surface area contributed by atoms with E-state index in [4.69, 9.17) is 5.11 Å². The van der Waals surface area contributed by atoms with Crippen molar-refractivity contribution >= 4 is 27.8 Å². The fourth-order valence-electron chi connectivity index (χ4n) is 1.42. The van der Waals surface area contributed by atoms with Gasteiger partial charge in [-0.05, 0) is 12.8 Å². The largest absolute Gasteiger partial charge is 0.465 e. The van der Waals surface area contributed by atoms with E-state index < -0.39 is 12.1 Å². The standard InChI is InChI=1S/C7H10BrNO3/c8-4-6(10)5-2-1-3-9(5)7(11)12/h5H,1-4H2,(H,11,12)/t5-/m1/s1. The summed E-state index contributed by atoms with van der Waals surface area (Å²) in [6.45, 7) is 0.485. The van der Waals surface area contributed by atoms with Crippen molar-refractivity contribution in [1.82, 2.24) is 4.90 Å². The van der Waals surface area contributed by atoms with Gasteiger partial charge in [0.15, 0.2) is 5.78 Å². The van der Waals surface area contributed by atoms with Crippen molar-refractivity contribution < 1.29 is 14.7 Å². The Morgan fingerprint density at radius 2 is 2.25 bits per heavy atom. The molecule has 1 atom stereocenters. The minimum absolute atomic E-state index is 0.0464. The summed E-state index contributed by atoms with van der Waals surface area (Å²) < 4.78 is 0. The lowest BCUT2D eigenvalue weighted by atomic mass is 10.1. The quantitative estimate of drug-likeness (QED) is 0.730. The summed E-state index contributed by atoms with van der Waals surface area (Å²) >= 11 is 3.03. The van der Waals surface area contributed by atoms with E-state index in [9.17, 15) is 9.59 Å². The zero-order chi connectivity index (χ0) is 9.14. The van der Waals surface area contributed by atoms with E-state index in [1.165, 1.54) is 4.90 Å². The fraction of sp³-hybridized carbons (Fsp3) is 0.714. The molecule has 4 nitrogen and oxygen atoms in total. The molecule has 68 valence electrons. The maximum atomic E-state index is 11.2. The van der Waals surface area contributed by atoms with Crippen LogP contribution in [0.4, 0.5) is 4.79 Å². The third-order valence-electron chi connectivity index (χ3n) is 2.00. The van der Waals surface area contributed by atoms with Gasteiger partial charge in [-0.25, -0.2) is 4.79 Å². The molecule has 0 aromatic heterocycles. The number of hydrogen-bond donors (Lipinski definition) is 1. The van der Waals surface area contributed by atoms with Crippen LogP contribution in [0.15, 0.2) is 0 Å². The molecule has 12 heavy (non-hydrogen) atoms. The van der Waals surface area contributed by atoms with Gasteiger partial charge in [-0.3, -0.25) is 9.69 Å². The molecule has 1 N–H and O–H groups in total. The number of hydrogen-bond acceptors (Lipinski definition) is 2. The molecule has 0 unspecified atom stereocenters. The van der Waals surface area contributed by atoms with Gasteiger partial charge in [0.25, 0.3) is 0 Å². The summed E-state index contributed by atoms with van der Waals surface area (Å²) in [5, 5.41) is 8.92. The Morgan fingerprint density at radius 1 is 1.58 bits per heavy atom. The van der Waals surface area contributed by atoms with Crippen molar-refractivity contribution in [2.24, 2.45) is 0 Å². The van der Waals surface area contributed by atoms with Crippen LogP contribution in [-0.4, -0.2) is 39.8 Å². The second-order valence-corrected chi connectivity index (χ2v) is 3.29. The second-order valence-electron chi connectivity index (χ2n) is 2.73. The molecule has 5 heteroatoms. The maximum absolute atomic E-state index is 11.2. The maximum Gasteiger partial charge on any atom is 0.407 e. The van der Waals surface area contributed by atoms with Gasteiger partial charge in [-0.15, -0.1) is 0 Å². The zero-order valence-corrected chi connectivity index (χ0v) is 8.08. The first-order chi connectivity index (χ1) is 5.66. The molecule has 1 aliphatic heterocycles. The predicted molar refractivity (Wildman–Crippen MR) is 46.6 cm³/mol. The highest BCUT2D eigenvalue weighted by atomic mass is 79.9. The Bertz CT molecular complexity index is 207. The van der Waals surface area contributed by atoms with Gasteiger partial charge in [-0.2, -0.15) is 0 Å². The minimum Gasteiger partial charge on any atom is -0.465 e. The van der Waals surface area contributed by atoms with Crippen LogP contribution in [0.2, 0.25) is 0 Å². The Balaban J connectivity index is 2.63. The lowest BCUT2D eigenvalue weighted by molar-refractivity contribution is -0.120. The average Bonchev–Trinajstić information content (AvgIpc) is 2.50. The fourth-order valence-corrected chi connectivity index (χ4v) is 1.79. The first-order valence-corrected chi connectivity index (χ1v) is 4.87. The summed E-state index contributed by atoms with van der Waals surface area (Å²) in [4.78, 5) is 23.0. The van der Waals surface area contributed by atoms with Crippen molar-refractivity contribution in [2.75, 3.05) is 11.9 Å². The van der Waals surface area contributed by atoms with E-state index in [0.717, 1.165) is 6.42 Å². The normalized spacial score (nSPS) is 22.8. The summed E-state index contributed by atoms with van der Waals surface area (Å²) in [6, 6.07) is -0.415. The molecular formula is C7H10BrNO3. The number of carboxylic acid groups (broad SMARTS) is 1. The Morgan fingerprint density at radius 3 is 2.75 bits per heavy atom. The Kier molecular flexibility index (Phi) is 3.08. The van der Waals surface area contributed by atoms with Crippen LogP contribution in [0, 0.1) is 0 Å². The van der Waals surface area contributed by atoms with E-state index in [2.05, 4.69) is 15.9 Å². The number of rotatable bonds is 2. The number of carbonyl (C=O) groups is 2. The second kappa shape index (κ2) is 3.89. The lowest BCUT2D eigenvalue weighted by Gasteiger charge is -2.18. The highest BCUT2D eigenvalue weighted by molar-refractivity contribution is 9.09. The van der Waals surface area contributed by atoms with E-state index in [1.54, 1.807) is 0 Å². The summed E-state index contributed by atoms with van der Waals surface area (Å²) in [6.07, 6.45) is 0.457. The molecule has 1 heterocycles. The van der Waals surface area contributed by atoms with Crippen LogP contribution < -0.4 is 0 Å². The molecule has 1 saturated heterocycles. The Labute approximate surface area is 78.7 Å². The van der Waals surface area contributed by atoms with Crippen LogP contribution >= 0.6 is 15.9 Å². The van der Waals surface area contributed by atoms with Gasteiger partial charge in [0.2, 0.25) is 0 Å². The van der Waals surface area contributed by atoms with Crippen molar-refractivity contribution in [2.45, 2.75) is 18.9 Å². The number of Topliss-reactive ketones (excluding diaryl/α,β-unsaturated/α-hetero) is 1. The molecule has 0 saturated carbocycles. The number of nitrogens with zero attached hydrogens (tertiary/aromatic N) is 1. The molecule has 1 amide bonds. The third-order valence-corrected chi connectivity index (χ3v) is 2.55. The van der Waals surface area contributed by atoms with Gasteiger partial charge in [-0.1, -0.05) is 15.9 Å². The van der Waals surface area contributed by atoms with E-state index >= 15 is 0 Å². The van der Waals surface area contributed by atoms with Gasteiger partial charge in [0, 0.05) is 6.54 Å². The monoisotopic (exact) mass is 235 g/mol. The number of likely N-dealkylation sites (tertiary alicyclic amines) is 1. The van der Waals surface area contributed by atoms with Crippen molar-refractivity contribution in [1.29, 1.82) is 0 Å². The number of halogens is 1. The van der Waals surface area contributed by atoms with Gasteiger partial charge < -0.3 is 5.11 Å². The average molecular weight is 236 g/mol. The highest BCUT2D eigenvalue weighted by Crippen LogP contribution is 2.18. The minimum atomic E-state index is -0.994. The van der Waals surface area contributed by atoms with Crippen LogP contribution in [-0.2, 0) is 4.79 Å². The van der Waals surface area contributed by atoms with Crippen molar-refractivity contribution in [3.63, 3.8) is 0 Å². The molecule has 0 aromatic carbocycles. The van der Waals surface area contributed by atoms with Crippen molar-refractivity contribution in [3.05, 3.63) is 0 Å². The van der Waals surface area contributed by atoms with Crippen LogP contribution in [0.25, 0.3) is 0 Å². The molecule has 1 fully saturated rings. The summed E-state index contributed by atoms with van der Waals surface area (Å²) in [5.41, 5.74) is 0. The molecule has 0 bridgehead atoms. The smallest absolute Gasteiger partial charge is 0.407 e. The van der Waals surface area contributed by atoms with Gasteiger partial charge in [0.1, 0.15) is 0 Å². The third kappa shape index (κ3) is 1.77. The van der Waals surface area contributed by atoms with Gasteiger partial charge >= 0.3 is 6.09 Å². The number of amides is 1. The SMILES string of the molecule is O=C(CBr)[C@H]1CCCN1C(=O)O. The number of alkyl halides is 1. The number of carbonyl (C=O) groups excluding carboxylic acids is 1. The highest BCUT2D eigenvalue weighted by Gasteiger charge is 2.32. The predicted octanol–water partition coefficient (Wildman–Crippen LogP) is 1.09. The zero-order valence-electron chi connectivity index (χ0n) is 6.49. The molecule has 0 aromatic rings. The molecule has 1 aliphatic rings. The van der Waals surface area contributed by atoms with Crippen LogP contribution in [0.1, 0.15) is 12.8 Å². The first kappa shape index (κ1) is 9.51. The summed E-state index contributed by atoms with van der Waals surface area (Å²) in [5.74, 6) is -0.0464. The topological polar surface area (TPSA) is 57.6 Å². The van der Waals surface area contributed by atoms with E-state index in [0.29, 0.717) is 13.0 Å². The van der Waals surface area contributed by atoms with E-state index in [1.807, 2.05) is 0 Å². The molecular weight excluding hydrogens is 226 g/mol. The number of ketones is 1. The van der Waals surface area contributed by atoms with Crippen LogP contribution in [0.5, 0.6) is 0 Å². The van der Waals surface area contributed by atoms with Crippen LogP contribution in [0.3, 0.4) is 0 Å². The molecule has 0 radical (unpaired) electrons. The van der Waals surface area contributed by atoms with Crippen molar-refractivity contribution in [3.8, 4) is 0 Å². The Hall–Kier alpha value is -0.580. The lowest BCUT2D eigenvalue weighted by Crippen LogP contribution is -2.40. The molecule has 0 spiro atoms. The first-order valence-electron chi connectivity index (χ1n) is 3.75.